The molecule has 2 heterocycles. The highest BCUT2D eigenvalue weighted by molar-refractivity contribution is 7.12. The first-order valence-electron chi connectivity index (χ1n) is 5.31. The van der Waals surface area contributed by atoms with E-state index in [2.05, 4.69) is 22.3 Å². The summed E-state index contributed by atoms with van der Waals surface area (Å²) in [5.74, 6) is 0. The SMILES string of the molecule is CCc1nc(Cc2nc(C)cs2)sc1CN. The summed E-state index contributed by atoms with van der Waals surface area (Å²) in [5, 5.41) is 4.34. The molecule has 0 atom stereocenters. The number of aryl methyl sites for hydroxylation is 2. The Hall–Kier alpha value is -0.780. The monoisotopic (exact) mass is 253 g/mol. The average molecular weight is 253 g/mol. The molecule has 0 saturated heterocycles. The molecule has 5 heteroatoms. The topological polar surface area (TPSA) is 51.8 Å². The van der Waals surface area contributed by atoms with E-state index in [1.54, 1.807) is 22.7 Å². The molecule has 0 spiro atoms. The number of nitrogens with zero attached hydrogens (tertiary/aromatic N) is 2. The van der Waals surface area contributed by atoms with Crippen molar-refractivity contribution >= 4 is 22.7 Å². The second-order valence-corrected chi connectivity index (χ2v) is 5.71. The van der Waals surface area contributed by atoms with Crippen molar-refractivity contribution < 1.29 is 0 Å². The molecule has 86 valence electrons. The summed E-state index contributed by atoms with van der Waals surface area (Å²) in [7, 11) is 0. The maximum atomic E-state index is 5.69. The Morgan fingerprint density at radius 3 is 2.62 bits per heavy atom. The van der Waals surface area contributed by atoms with Gasteiger partial charge in [-0.15, -0.1) is 22.7 Å². The molecule has 0 aliphatic carbocycles. The number of thiazole rings is 2. The van der Waals surface area contributed by atoms with Crippen LogP contribution in [-0.2, 0) is 19.4 Å². The smallest absolute Gasteiger partial charge is 0.0999 e. The second-order valence-electron chi connectivity index (χ2n) is 3.59. The zero-order valence-electron chi connectivity index (χ0n) is 9.49. The van der Waals surface area contributed by atoms with Crippen LogP contribution < -0.4 is 5.73 Å². The highest BCUT2D eigenvalue weighted by Crippen LogP contribution is 2.22. The van der Waals surface area contributed by atoms with Gasteiger partial charge in [-0.1, -0.05) is 6.92 Å². The minimum Gasteiger partial charge on any atom is -0.326 e. The second kappa shape index (κ2) is 5.03. The molecule has 2 rings (SSSR count). The summed E-state index contributed by atoms with van der Waals surface area (Å²) < 4.78 is 0. The van der Waals surface area contributed by atoms with Gasteiger partial charge in [-0.3, -0.25) is 0 Å². The molecule has 0 fully saturated rings. The predicted octanol–water partition coefficient (Wildman–Crippen LogP) is 2.52. The van der Waals surface area contributed by atoms with Crippen LogP contribution in [0.3, 0.4) is 0 Å². The van der Waals surface area contributed by atoms with Crippen molar-refractivity contribution in [2.75, 3.05) is 0 Å². The van der Waals surface area contributed by atoms with Crippen molar-refractivity contribution in [3.8, 4) is 0 Å². The van der Waals surface area contributed by atoms with E-state index in [9.17, 15) is 0 Å². The van der Waals surface area contributed by atoms with Crippen LogP contribution in [0.4, 0.5) is 0 Å². The summed E-state index contributed by atoms with van der Waals surface area (Å²) in [6, 6.07) is 0. The van der Waals surface area contributed by atoms with E-state index in [-0.39, 0.29) is 0 Å². The third-order valence-corrected chi connectivity index (χ3v) is 4.40. The number of aromatic nitrogens is 2. The summed E-state index contributed by atoms with van der Waals surface area (Å²) in [6.07, 6.45) is 1.80. The van der Waals surface area contributed by atoms with Crippen molar-refractivity contribution in [3.63, 3.8) is 0 Å². The number of hydrogen-bond acceptors (Lipinski definition) is 5. The van der Waals surface area contributed by atoms with Gasteiger partial charge in [0.15, 0.2) is 0 Å². The Balaban J connectivity index is 2.18. The van der Waals surface area contributed by atoms with Crippen molar-refractivity contribution in [2.24, 2.45) is 5.73 Å². The Morgan fingerprint density at radius 2 is 2.12 bits per heavy atom. The van der Waals surface area contributed by atoms with Crippen LogP contribution in [0.25, 0.3) is 0 Å². The van der Waals surface area contributed by atoms with Gasteiger partial charge in [0.2, 0.25) is 0 Å². The van der Waals surface area contributed by atoms with E-state index in [0.29, 0.717) is 6.54 Å². The Morgan fingerprint density at radius 1 is 1.31 bits per heavy atom. The summed E-state index contributed by atoms with van der Waals surface area (Å²) in [5.41, 5.74) is 7.93. The van der Waals surface area contributed by atoms with Crippen LogP contribution in [0, 0.1) is 6.92 Å². The quantitative estimate of drug-likeness (QED) is 0.911. The maximum absolute atomic E-state index is 5.69. The van der Waals surface area contributed by atoms with Gasteiger partial charge in [-0.25, -0.2) is 9.97 Å². The number of rotatable bonds is 4. The molecule has 0 unspecified atom stereocenters. The minimum atomic E-state index is 0.595. The molecule has 16 heavy (non-hydrogen) atoms. The van der Waals surface area contributed by atoms with Crippen LogP contribution in [0.1, 0.15) is 33.2 Å². The van der Waals surface area contributed by atoms with E-state index < -0.39 is 0 Å². The molecule has 0 aromatic carbocycles. The lowest BCUT2D eigenvalue weighted by molar-refractivity contribution is 0.965. The Labute approximate surface area is 103 Å². The fraction of sp³-hybridized carbons (Fsp3) is 0.455. The standard InChI is InChI=1S/C11H15N3S2/c1-3-8-9(5-12)16-11(14-8)4-10-13-7(2)6-15-10/h6H,3-5,12H2,1-2H3. The van der Waals surface area contributed by atoms with Gasteiger partial charge in [0, 0.05) is 22.5 Å². The van der Waals surface area contributed by atoms with E-state index in [1.165, 1.54) is 4.88 Å². The Kier molecular flexibility index (Phi) is 3.68. The molecule has 0 amide bonds. The zero-order chi connectivity index (χ0) is 11.5. The third kappa shape index (κ3) is 2.48. The highest BCUT2D eigenvalue weighted by atomic mass is 32.1. The van der Waals surface area contributed by atoms with Crippen molar-refractivity contribution in [1.29, 1.82) is 0 Å². The molecule has 0 aliphatic rings. The minimum absolute atomic E-state index is 0.595. The molecule has 0 bridgehead atoms. The Bertz CT molecular complexity index is 452. The van der Waals surface area contributed by atoms with Crippen LogP contribution >= 0.6 is 22.7 Å². The lowest BCUT2D eigenvalue weighted by Crippen LogP contribution is -1.96. The fourth-order valence-electron chi connectivity index (χ4n) is 1.56. The summed E-state index contributed by atoms with van der Waals surface area (Å²) >= 11 is 3.42. The van der Waals surface area contributed by atoms with Crippen molar-refractivity contribution in [3.05, 3.63) is 31.7 Å². The predicted molar refractivity (Wildman–Crippen MR) is 69.0 cm³/mol. The van der Waals surface area contributed by atoms with Gasteiger partial charge in [-0.2, -0.15) is 0 Å². The van der Waals surface area contributed by atoms with E-state index >= 15 is 0 Å². The van der Waals surface area contributed by atoms with Crippen LogP contribution in [0.15, 0.2) is 5.38 Å². The molecule has 0 radical (unpaired) electrons. The lowest BCUT2D eigenvalue weighted by atomic mass is 10.3. The lowest BCUT2D eigenvalue weighted by Gasteiger charge is -1.91. The molecule has 0 aliphatic heterocycles. The average Bonchev–Trinajstić information content (AvgIpc) is 2.85. The first kappa shape index (κ1) is 11.7. The van der Waals surface area contributed by atoms with Crippen LogP contribution in [0.2, 0.25) is 0 Å². The highest BCUT2D eigenvalue weighted by Gasteiger charge is 2.10. The molecular formula is C11H15N3S2. The van der Waals surface area contributed by atoms with Crippen LogP contribution in [-0.4, -0.2) is 9.97 Å². The van der Waals surface area contributed by atoms with E-state index in [4.69, 9.17) is 5.73 Å². The van der Waals surface area contributed by atoms with Gasteiger partial charge in [0.1, 0.15) is 0 Å². The summed E-state index contributed by atoms with van der Waals surface area (Å²) in [6.45, 7) is 4.73. The first-order chi connectivity index (χ1) is 7.72. The third-order valence-electron chi connectivity index (χ3n) is 2.31. The normalized spacial score (nSPS) is 10.9. The molecule has 2 aromatic rings. The van der Waals surface area contributed by atoms with Crippen molar-refractivity contribution in [2.45, 2.75) is 33.2 Å². The fourth-order valence-corrected chi connectivity index (χ4v) is 3.47. The number of hydrogen-bond donors (Lipinski definition) is 1. The maximum Gasteiger partial charge on any atom is 0.0999 e. The summed E-state index contributed by atoms with van der Waals surface area (Å²) in [4.78, 5) is 10.3. The molecule has 2 aromatic heterocycles. The van der Waals surface area contributed by atoms with Gasteiger partial charge >= 0.3 is 0 Å². The van der Waals surface area contributed by atoms with Crippen molar-refractivity contribution in [1.82, 2.24) is 9.97 Å². The van der Waals surface area contributed by atoms with Gasteiger partial charge in [0.05, 0.1) is 22.1 Å². The number of nitrogens with two attached hydrogens (primary N) is 1. The van der Waals surface area contributed by atoms with Gasteiger partial charge in [0.25, 0.3) is 0 Å². The van der Waals surface area contributed by atoms with Crippen LogP contribution in [0.5, 0.6) is 0 Å². The molecule has 2 N–H and O–H groups in total. The largest absolute Gasteiger partial charge is 0.326 e. The molecular weight excluding hydrogens is 238 g/mol. The van der Waals surface area contributed by atoms with E-state index in [0.717, 1.165) is 34.2 Å². The molecule has 0 saturated carbocycles. The molecule has 3 nitrogen and oxygen atoms in total. The van der Waals surface area contributed by atoms with E-state index in [1.807, 2.05) is 6.92 Å². The van der Waals surface area contributed by atoms with Gasteiger partial charge in [-0.05, 0) is 13.3 Å². The first-order valence-corrected chi connectivity index (χ1v) is 7.01. The zero-order valence-corrected chi connectivity index (χ0v) is 11.1. The van der Waals surface area contributed by atoms with Gasteiger partial charge < -0.3 is 5.73 Å².